The summed E-state index contributed by atoms with van der Waals surface area (Å²) in [5.74, 6) is -1.34. The molecule has 0 aliphatic rings. The lowest BCUT2D eigenvalue weighted by atomic mass is 10.1. The van der Waals surface area contributed by atoms with Crippen molar-refractivity contribution >= 4 is 11.9 Å². The molecule has 4 heteroatoms. The summed E-state index contributed by atoms with van der Waals surface area (Å²) in [4.78, 5) is 21.3. The number of carboxylic acid groups (broad SMARTS) is 1. The van der Waals surface area contributed by atoms with Crippen LogP contribution in [0, 0.1) is 0 Å². The summed E-state index contributed by atoms with van der Waals surface area (Å²) < 4.78 is 0. The van der Waals surface area contributed by atoms with Gasteiger partial charge >= 0.3 is 0 Å². The van der Waals surface area contributed by atoms with Crippen LogP contribution in [0.1, 0.15) is 12.0 Å². The van der Waals surface area contributed by atoms with E-state index in [1.165, 1.54) is 0 Å². The Kier molecular flexibility index (Phi) is 4.34. The van der Waals surface area contributed by atoms with Crippen molar-refractivity contribution in [2.24, 2.45) is 0 Å². The fourth-order valence-electron chi connectivity index (χ4n) is 1.15. The minimum Gasteiger partial charge on any atom is -0.550 e. The van der Waals surface area contributed by atoms with E-state index in [4.69, 9.17) is 0 Å². The van der Waals surface area contributed by atoms with Crippen LogP contribution in [0.5, 0.6) is 0 Å². The Bertz CT molecular complexity index is 335. The van der Waals surface area contributed by atoms with E-state index >= 15 is 0 Å². The van der Waals surface area contributed by atoms with Gasteiger partial charge in [0.05, 0.1) is 6.42 Å². The third kappa shape index (κ3) is 4.81. The maximum Gasteiger partial charge on any atom is 0.224 e. The molecule has 1 amide bonds. The lowest BCUT2D eigenvalue weighted by Crippen LogP contribution is -2.31. The van der Waals surface area contributed by atoms with Crippen molar-refractivity contribution in [3.63, 3.8) is 0 Å². The maximum atomic E-state index is 11.3. The monoisotopic (exact) mass is 206 g/mol. The normalized spacial score (nSPS) is 9.60. The van der Waals surface area contributed by atoms with E-state index in [2.05, 4.69) is 5.32 Å². The van der Waals surface area contributed by atoms with Crippen LogP contribution in [-0.4, -0.2) is 18.4 Å². The summed E-state index contributed by atoms with van der Waals surface area (Å²) in [6.45, 7) is 0.119. The summed E-state index contributed by atoms with van der Waals surface area (Å²) in [7, 11) is 0. The zero-order chi connectivity index (χ0) is 11.1. The molecular weight excluding hydrogens is 194 g/mol. The fraction of sp³-hybridized carbons (Fsp3) is 0.273. The summed E-state index contributed by atoms with van der Waals surface area (Å²) in [6, 6.07) is 9.27. The molecule has 0 atom stereocenters. The van der Waals surface area contributed by atoms with E-state index in [1.54, 1.807) is 0 Å². The van der Waals surface area contributed by atoms with Gasteiger partial charge in [-0.25, -0.2) is 0 Å². The van der Waals surface area contributed by atoms with Crippen molar-refractivity contribution in [1.82, 2.24) is 5.32 Å². The van der Waals surface area contributed by atoms with Crippen LogP contribution in [-0.2, 0) is 16.0 Å². The zero-order valence-electron chi connectivity index (χ0n) is 8.23. The number of nitrogens with one attached hydrogen (secondary N) is 1. The van der Waals surface area contributed by atoms with Crippen LogP contribution in [0.15, 0.2) is 30.3 Å². The van der Waals surface area contributed by atoms with Crippen LogP contribution >= 0.6 is 0 Å². The van der Waals surface area contributed by atoms with Crippen molar-refractivity contribution in [3.8, 4) is 0 Å². The number of carbonyl (C=O) groups excluding carboxylic acids is 2. The topological polar surface area (TPSA) is 69.2 Å². The molecule has 0 unspecified atom stereocenters. The Morgan fingerprint density at radius 1 is 1.20 bits per heavy atom. The average molecular weight is 206 g/mol. The Morgan fingerprint density at radius 2 is 1.87 bits per heavy atom. The van der Waals surface area contributed by atoms with Gasteiger partial charge in [-0.1, -0.05) is 30.3 Å². The first-order chi connectivity index (χ1) is 7.18. The Morgan fingerprint density at radius 3 is 2.47 bits per heavy atom. The molecule has 1 N–H and O–H groups in total. The third-order valence-electron chi connectivity index (χ3n) is 1.86. The number of amides is 1. The van der Waals surface area contributed by atoms with E-state index < -0.39 is 5.97 Å². The number of aliphatic carboxylic acids is 1. The van der Waals surface area contributed by atoms with Crippen molar-refractivity contribution in [2.75, 3.05) is 6.54 Å². The summed E-state index contributed by atoms with van der Waals surface area (Å²) in [6.07, 6.45) is 0.119. The largest absolute Gasteiger partial charge is 0.550 e. The molecule has 4 nitrogen and oxygen atoms in total. The predicted molar refractivity (Wildman–Crippen MR) is 52.8 cm³/mol. The van der Waals surface area contributed by atoms with Gasteiger partial charge in [-0.2, -0.15) is 0 Å². The van der Waals surface area contributed by atoms with Gasteiger partial charge in [0, 0.05) is 18.9 Å². The van der Waals surface area contributed by atoms with Crippen molar-refractivity contribution in [1.29, 1.82) is 0 Å². The first-order valence-corrected chi connectivity index (χ1v) is 4.69. The molecule has 0 aromatic heterocycles. The van der Waals surface area contributed by atoms with Crippen LogP contribution < -0.4 is 10.4 Å². The first kappa shape index (κ1) is 11.2. The number of hydrogen-bond donors (Lipinski definition) is 1. The second-order valence-corrected chi connectivity index (χ2v) is 3.13. The quantitative estimate of drug-likeness (QED) is 0.705. The number of benzene rings is 1. The minimum atomic E-state index is -1.16. The molecule has 0 aliphatic carbocycles. The van der Waals surface area contributed by atoms with Crippen molar-refractivity contribution < 1.29 is 14.7 Å². The first-order valence-electron chi connectivity index (χ1n) is 4.69. The summed E-state index contributed by atoms with van der Waals surface area (Å²) >= 11 is 0. The Balaban J connectivity index is 2.28. The van der Waals surface area contributed by atoms with Gasteiger partial charge in [-0.05, 0) is 5.56 Å². The smallest absolute Gasteiger partial charge is 0.224 e. The number of carbonyl (C=O) groups is 2. The second-order valence-electron chi connectivity index (χ2n) is 3.13. The highest BCUT2D eigenvalue weighted by Gasteiger charge is 2.01. The van der Waals surface area contributed by atoms with Gasteiger partial charge in [0.25, 0.3) is 0 Å². The molecule has 0 saturated carbocycles. The highest BCUT2D eigenvalue weighted by Crippen LogP contribution is 1.98. The highest BCUT2D eigenvalue weighted by molar-refractivity contribution is 5.79. The van der Waals surface area contributed by atoms with E-state index in [0.717, 1.165) is 5.56 Å². The molecule has 0 spiro atoms. The number of rotatable bonds is 5. The van der Waals surface area contributed by atoms with E-state index in [9.17, 15) is 14.7 Å². The fourth-order valence-corrected chi connectivity index (χ4v) is 1.15. The van der Waals surface area contributed by atoms with Crippen LogP contribution in [0.4, 0.5) is 0 Å². The van der Waals surface area contributed by atoms with Crippen molar-refractivity contribution in [2.45, 2.75) is 12.8 Å². The third-order valence-corrected chi connectivity index (χ3v) is 1.86. The molecule has 1 aromatic rings. The van der Waals surface area contributed by atoms with Crippen LogP contribution in [0.25, 0.3) is 0 Å². The minimum absolute atomic E-state index is 0.119. The Hall–Kier alpha value is -1.84. The molecule has 0 heterocycles. The number of hydrogen-bond acceptors (Lipinski definition) is 3. The summed E-state index contributed by atoms with van der Waals surface area (Å²) in [5.41, 5.74) is 0.906. The molecule has 0 radical (unpaired) electrons. The Labute approximate surface area is 87.9 Å². The van der Waals surface area contributed by atoms with Crippen LogP contribution in [0.3, 0.4) is 0 Å². The molecule has 0 aliphatic heterocycles. The average Bonchev–Trinajstić information content (AvgIpc) is 2.18. The van der Waals surface area contributed by atoms with Gasteiger partial charge < -0.3 is 15.2 Å². The molecular formula is C11H12NO3-. The maximum absolute atomic E-state index is 11.3. The summed E-state index contributed by atoms with van der Waals surface area (Å²) in [5, 5.41) is 12.6. The lowest BCUT2D eigenvalue weighted by molar-refractivity contribution is -0.305. The molecule has 0 fully saturated rings. The molecule has 1 aromatic carbocycles. The van der Waals surface area contributed by atoms with E-state index in [-0.39, 0.29) is 25.3 Å². The molecule has 0 bridgehead atoms. The van der Waals surface area contributed by atoms with Crippen molar-refractivity contribution in [3.05, 3.63) is 35.9 Å². The molecule has 15 heavy (non-hydrogen) atoms. The highest BCUT2D eigenvalue weighted by atomic mass is 16.4. The van der Waals surface area contributed by atoms with E-state index in [1.807, 2.05) is 30.3 Å². The molecule has 80 valence electrons. The zero-order valence-corrected chi connectivity index (χ0v) is 8.23. The SMILES string of the molecule is O=C([O-])CCNC(=O)Cc1ccccc1. The predicted octanol–water partition coefficient (Wildman–Crippen LogP) is -0.515. The van der Waals surface area contributed by atoms with Crippen LogP contribution in [0.2, 0.25) is 0 Å². The van der Waals surface area contributed by atoms with Gasteiger partial charge in [-0.3, -0.25) is 4.79 Å². The molecule has 1 rings (SSSR count). The van der Waals surface area contributed by atoms with Gasteiger partial charge in [0.1, 0.15) is 0 Å². The van der Waals surface area contributed by atoms with Gasteiger partial charge in [0.15, 0.2) is 0 Å². The number of carboxylic acids is 1. The van der Waals surface area contributed by atoms with E-state index in [0.29, 0.717) is 0 Å². The van der Waals surface area contributed by atoms with Gasteiger partial charge in [0.2, 0.25) is 5.91 Å². The second kappa shape index (κ2) is 5.80. The standard InChI is InChI=1S/C11H13NO3/c13-10(12-7-6-11(14)15)8-9-4-2-1-3-5-9/h1-5H,6-8H2,(H,12,13)(H,14,15)/p-1. The molecule has 0 saturated heterocycles. The van der Waals surface area contributed by atoms with Gasteiger partial charge in [-0.15, -0.1) is 0 Å². The lowest BCUT2D eigenvalue weighted by Gasteiger charge is -2.05.